The second-order valence-electron chi connectivity index (χ2n) is 9.06. The third-order valence-corrected chi connectivity index (χ3v) is 6.61. The molecule has 1 aromatic heterocycles. The monoisotopic (exact) mass is 500 g/mol. The van der Waals surface area contributed by atoms with Crippen LogP contribution in [0.25, 0.3) is 10.9 Å². The number of para-hydroxylation sites is 2. The van der Waals surface area contributed by atoms with Gasteiger partial charge in [0.2, 0.25) is 0 Å². The van der Waals surface area contributed by atoms with E-state index >= 15 is 0 Å². The van der Waals surface area contributed by atoms with Gasteiger partial charge in [0.15, 0.2) is 5.69 Å². The number of amides is 1. The number of hydrogen-bond acceptors (Lipinski definition) is 6. The number of morpholine rings is 1. The minimum Gasteiger partial charge on any atom is -0.494 e. The quantitative estimate of drug-likeness (QED) is 0.364. The smallest absolute Gasteiger partial charge is 0.276 e. The van der Waals surface area contributed by atoms with Crippen molar-refractivity contribution in [1.29, 1.82) is 0 Å². The standard InChI is InChI=1S/C29H32N4O4/c1-21-8-6-12-24(37-20-22-9-4-3-5-10-22)26(21)30-29(34)27-23-11-7-13-25(35-2)28(23)33(31-27)15-14-32-16-18-36-19-17-32/h3-13H,14-20H2,1-2H3,(H,30,34). The van der Waals surface area contributed by atoms with Gasteiger partial charge in [-0.2, -0.15) is 5.10 Å². The van der Waals surface area contributed by atoms with Crippen molar-refractivity contribution in [2.75, 3.05) is 45.3 Å². The Morgan fingerprint density at radius 2 is 1.73 bits per heavy atom. The van der Waals surface area contributed by atoms with Gasteiger partial charge in [0.1, 0.15) is 23.6 Å². The number of carbonyl (C=O) groups is 1. The Morgan fingerprint density at radius 1 is 0.973 bits per heavy atom. The molecule has 0 atom stereocenters. The lowest BCUT2D eigenvalue weighted by atomic mass is 10.1. The van der Waals surface area contributed by atoms with Gasteiger partial charge in [-0.25, -0.2) is 0 Å². The fourth-order valence-corrected chi connectivity index (χ4v) is 4.59. The zero-order valence-corrected chi connectivity index (χ0v) is 21.3. The van der Waals surface area contributed by atoms with Crippen LogP contribution in [-0.4, -0.2) is 60.5 Å². The number of benzene rings is 3. The third kappa shape index (κ3) is 5.60. The van der Waals surface area contributed by atoms with Crippen molar-refractivity contribution in [1.82, 2.24) is 14.7 Å². The van der Waals surface area contributed by atoms with Crippen molar-refractivity contribution < 1.29 is 19.0 Å². The average molecular weight is 501 g/mol. The van der Waals surface area contributed by atoms with Gasteiger partial charge in [-0.3, -0.25) is 14.4 Å². The van der Waals surface area contributed by atoms with Gasteiger partial charge in [0.25, 0.3) is 5.91 Å². The van der Waals surface area contributed by atoms with Crippen molar-refractivity contribution in [2.24, 2.45) is 0 Å². The molecule has 1 aliphatic rings. The second-order valence-corrected chi connectivity index (χ2v) is 9.06. The summed E-state index contributed by atoms with van der Waals surface area (Å²) in [6, 6.07) is 21.4. The summed E-state index contributed by atoms with van der Waals surface area (Å²) in [5, 5.41) is 8.58. The Kier molecular flexibility index (Phi) is 7.67. The zero-order chi connectivity index (χ0) is 25.6. The summed E-state index contributed by atoms with van der Waals surface area (Å²) in [5.41, 5.74) is 3.77. The highest BCUT2D eigenvalue weighted by Crippen LogP contribution is 2.32. The molecular formula is C29H32N4O4. The summed E-state index contributed by atoms with van der Waals surface area (Å²) >= 11 is 0. The lowest BCUT2D eigenvalue weighted by Crippen LogP contribution is -2.38. The van der Waals surface area contributed by atoms with Gasteiger partial charge in [-0.1, -0.05) is 54.6 Å². The maximum absolute atomic E-state index is 13.6. The van der Waals surface area contributed by atoms with Crippen LogP contribution in [-0.2, 0) is 17.9 Å². The minimum absolute atomic E-state index is 0.290. The molecule has 3 aromatic carbocycles. The topological polar surface area (TPSA) is 77.8 Å². The van der Waals surface area contributed by atoms with E-state index in [4.69, 9.17) is 19.3 Å². The first kappa shape index (κ1) is 24.8. The van der Waals surface area contributed by atoms with Gasteiger partial charge in [-0.15, -0.1) is 0 Å². The van der Waals surface area contributed by atoms with E-state index in [-0.39, 0.29) is 5.91 Å². The third-order valence-electron chi connectivity index (χ3n) is 6.61. The number of anilines is 1. The molecule has 192 valence electrons. The zero-order valence-electron chi connectivity index (χ0n) is 21.3. The van der Waals surface area contributed by atoms with E-state index < -0.39 is 0 Å². The number of aromatic nitrogens is 2. The number of rotatable bonds is 9. The van der Waals surface area contributed by atoms with Crippen LogP contribution in [0, 0.1) is 6.92 Å². The van der Waals surface area contributed by atoms with Crippen LogP contribution in [0.3, 0.4) is 0 Å². The molecule has 2 heterocycles. The molecule has 4 aromatic rings. The molecule has 0 saturated carbocycles. The van der Waals surface area contributed by atoms with Gasteiger partial charge in [0.05, 0.1) is 32.6 Å². The maximum atomic E-state index is 13.6. The van der Waals surface area contributed by atoms with Gasteiger partial charge >= 0.3 is 0 Å². The van der Waals surface area contributed by atoms with Crippen LogP contribution in [0.15, 0.2) is 66.7 Å². The minimum atomic E-state index is -0.290. The van der Waals surface area contributed by atoms with Crippen LogP contribution in [0.4, 0.5) is 5.69 Å². The summed E-state index contributed by atoms with van der Waals surface area (Å²) in [6.45, 7) is 7.07. The molecule has 0 bridgehead atoms. The Morgan fingerprint density at radius 3 is 2.51 bits per heavy atom. The highest BCUT2D eigenvalue weighted by molar-refractivity contribution is 6.12. The molecule has 37 heavy (non-hydrogen) atoms. The Bertz CT molecular complexity index is 1360. The highest BCUT2D eigenvalue weighted by Gasteiger charge is 2.22. The van der Waals surface area contributed by atoms with E-state index in [0.717, 1.165) is 54.9 Å². The molecule has 0 aliphatic carbocycles. The predicted octanol–water partition coefficient (Wildman–Crippen LogP) is 4.52. The molecule has 1 aliphatic heterocycles. The van der Waals surface area contributed by atoms with Gasteiger partial charge < -0.3 is 19.5 Å². The van der Waals surface area contributed by atoms with Gasteiger partial charge in [0, 0.05) is 25.0 Å². The summed E-state index contributed by atoms with van der Waals surface area (Å²) in [6.07, 6.45) is 0. The molecule has 1 saturated heterocycles. The first-order valence-electron chi connectivity index (χ1n) is 12.6. The molecule has 0 spiro atoms. The molecular weight excluding hydrogens is 468 g/mol. The maximum Gasteiger partial charge on any atom is 0.276 e. The predicted molar refractivity (Wildman–Crippen MR) is 143 cm³/mol. The molecule has 5 rings (SSSR count). The molecule has 0 radical (unpaired) electrons. The normalized spacial score (nSPS) is 14.0. The van der Waals surface area contributed by atoms with Gasteiger partial charge in [-0.05, 0) is 30.2 Å². The number of hydrogen-bond donors (Lipinski definition) is 1. The number of ether oxygens (including phenoxy) is 3. The molecule has 8 nitrogen and oxygen atoms in total. The van der Waals surface area contributed by atoms with Crippen LogP contribution in [0.1, 0.15) is 21.6 Å². The fourth-order valence-electron chi connectivity index (χ4n) is 4.59. The molecule has 1 N–H and O–H groups in total. The number of aryl methyl sites for hydroxylation is 1. The number of carbonyl (C=O) groups excluding carboxylic acids is 1. The van der Waals surface area contributed by atoms with Crippen LogP contribution < -0.4 is 14.8 Å². The number of nitrogens with one attached hydrogen (secondary N) is 1. The van der Waals surface area contributed by atoms with E-state index in [2.05, 4.69) is 10.2 Å². The highest BCUT2D eigenvalue weighted by atomic mass is 16.5. The van der Waals surface area contributed by atoms with Crippen molar-refractivity contribution in [3.8, 4) is 11.5 Å². The lowest BCUT2D eigenvalue weighted by Gasteiger charge is -2.26. The SMILES string of the molecule is COc1cccc2c(C(=O)Nc3c(C)cccc3OCc3ccccc3)nn(CCN3CCOCC3)c12. The Hall–Kier alpha value is -3.88. The van der Waals surface area contributed by atoms with Crippen molar-refractivity contribution >= 4 is 22.5 Å². The van der Waals surface area contributed by atoms with Crippen LogP contribution in [0.2, 0.25) is 0 Å². The van der Waals surface area contributed by atoms with Crippen molar-refractivity contribution in [3.05, 3.63) is 83.6 Å². The van der Waals surface area contributed by atoms with E-state index in [1.165, 1.54) is 0 Å². The van der Waals surface area contributed by atoms with E-state index in [1.807, 2.05) is 78.3 Å². The molecule has 1 amide bonds. The summed E-state index contributed by atoms with van der Waals surface area (Å²) in [5.74, 6) is 1.02. The summed E-state index contributed by atoms with van der Waals surface area (Å²) in [4.78, 5) is 16.0. The first-order chi connectivity index (χ1) is 18.1. The molecule has 8 heteroatoms. The van der Waals surface area contributed by atoms with Crippen LogP contribution >= 0.6 is 0 Å². The molecule has 1 fully saturated rings. The number of fused-ring (bicyclic) bond motifs is 1. The van der Waals surface area contributed by atoms with E-state index in [9.17, 15) is 4.79 Å². The Labute approximate surface area is 216 Å². The lowest BCUT2D eigenvalue weighted by molar-refractivity contribution is 0.0361. The van der Waals surface area contributed by atoms with Crippen molar-refractivity contribution in [3.63, 3.8) is 0 Å². The van der Waals surface area contributed by atoms with E-state index in [0.29, 0.717) is 36.0 Å². The number of methoxy groups -OCH3 is 1. The Balaban J connectivity index is 1.41. The first-order valence-corrected chi connectivity index (χ1v) is 12.6. The second kappa shape index (κ2) is 11.5. The van der Waals surface area contributed by atoms with Crippen molar-refractivity contribution in [2.45, 2.75) is 20.1 Å². The molecule has 0 unspecified atom stereocenters. The fraction of sp³-hybridized carbons (Fsp3) is 0.310. The van der Waals surface area contributed by atoms with Crippen LogP contribution in [0.5, 0.6) is 11.5 Å². The number of nitrogens with zero attached hydrogens (tertiary/aromatic N) is 3. The summed E-state index contributed by atoms with van der Waals surface area (Å²) in [7, 11) is 1.64. The van der Waals surface area contributed by atoms with E-state index in [1.54, 1.807) is 7.11 Å². The largest absolute Gasteiger partial charge is 0.494 e. The average Bonchev–Trinajstić information content (AvgIpc) is 3.32. The summed E-state index contributed by atoms with van der Waals surface area (Å²) < 4.78 is 19.1.